The summed E-state index contributed by atoms with van der Waals surface area (Å²) in [5, 5.41) is 0. The van der Waals surface area contributed by atoms with Gasteiger partial charge in [-0.1, -0.05) is 0 Å². The van der Waals surface area contributed by atoms with E-state index in [9.17, 15) is 9.18 Å². The van der Waals surface area contributed by atoms with Gasteiger partial charge in [-0.05, 0) is 45.7 Å². The smallest absolute Gasteiger partial charge is 0.410 e. The van der Waals surface area contributed by atoms with Gasteiger partial charge in [0.15, 0.2) is 11.6 Å². The summed E-state index contributed by atoms with van der Waals surface area (Å²) in [6.45, 7) is 6.36. The van der Waals surface area contributed by atoms with Crippen LogP contribution >= 0.6 is 0 Å². The largest absolute Gasteiger partial charge is 0.488 e. The fourth-order valence-corrected chi connectivity index (χ4v) is 2.39. The lowest BCUT2D eigenvalue weighted by molar-refractivity contribution is 0.0186. The molecule has 1 aromatic rings. The van der Waals surface area contributed by atoms with Gasteiger partial charge in [0.1, 0.15) is 12.2 Å². The Kier molecular flexibility index (Phi) is 4.78. The maximum absolute atomic E-state index is 13.7. The lowest BCUT2D eigenvalue weighted by Gasteiger charge is -2.28. The molecule has 0 radical (unpaired) electrons. The van der Waals surface area contributed by atoms with Crippen LogP contribution < -0.4 is 10.5 Å². The maximum Gasteiger partial charge on any atom is 0.410 e. The van der Waals surface area contributed by atoms with E-state index in [1.165, 1.54) is 12.1 Å². The molecule has 22 heavy (non-hydrogen) atoms. The first-order chi connectivity index (χ1) is 10.3. The Balaban J connectivity index is 1.95. The molecule has 1 aliphatic rings. The Morgan fingerprint density at radius 1 is 1.45 bits per heavy atom. The summed E-state index contributed by atoms with van der Waals surface area (Å²) in [5.41, 5.74) is 5.32. The van der Waals surface area contributed by atoms with Gasteiger partial charge in [0.05, 0.1) is 6.04 Å². The molecule has 2 N–H and O–H groups in total. The number of hydrogen-bond acceptors (Lipinski definition) is 4. The second-order valence-corrected chi connectivity index (χ2v) is 6.47. The molecule has 0 aliphatic carbocycles. The van der Waals surface area contributed by atoms with Gasteiger partial charge >= 0.3 is 6.09 Å². The topological polar surface area (TPSA) is 64.8 Å². The predicted molar refractivity (Wildman–Crippen MR) is 82.3 cm³/mol. The van der Waals surface area contributed by atoms with Crippen LogP contribution in [-0.4, -0.2) is 35.8 Å². The standard InChI is InChI=1S/C16H23FN2O3/c1-16(2,3)22-15(20)19-8-4-5-12(19)10-21-14-7-6-11(18)9-13(14)17/h6-7,9,12H,4-5,8,10,18H2,1-3H3/t12-/m0/s1. The molecule has 5 nitrogen and oxygen atoms in total. The highest BCUT2D eigenvalue weighted by Crippen LogP contribution is 2.24. The van der Waals surface area contributed by atoms with Crippen molar-refractivity contribution in [3.8, 4) is 5.75 Å². The normalized spacial score (nSPS) is 18.4. The van der Waals surface area contributed by atoms with E-state index >= 15 is 0 Å². The van der Waals surface area contributed by atoms with Gasteiger partial charge in [0, 0.05) is 18.3 Å². The molecular weight excluding hydrogens is 287 g/mol. The first-order valence-electron chi connectivity index (χ1n) is 7.44. The summed E-state index contributed by atoms with van der Waals surface area (Å²) in [6.07, 6.45) is 1.35. The van der Waals surface area contributed by atoms with Crippen molar-refractivity contribution < 1.29 is 18.7 Å². The second kappa shape index (κ2) is 6.42. The monoisotopic (exact) mass is 310 g/mol. The molecule has 0 spiro atoms. The van der Waals surface area contributed by atoms with Crippen molar-refractivity contribution in [3.63, 3.8) is 0 Å². The average Bonchev–Trinajstić information content (AvgIpc) is 2.84. The summed E-state index contributed by atoms with van der Waals surface area (Å²) in [7, 11) is 0. The Hall–Kier alpha value is -1.98. The Morgan fingerprint density at radius 2 is 2.18 bits per heavy atom. The number of rotatable bonds is 3. The van der Waals surface area contributed by atoms with Gasteiger partial charge in [-0.15, -0.1) is 0 Å². The summed E-state index contributed by atoms with van der Waals surface area (Å²) in [4.78, 5) is 13.8. The van der Waals surface area contributed by atoms with E-state index in [1.807, 2.05) is 20.8 Å². The van der Waals surface area contributed by atoms with Crippen LogP contribution in [0.4, 0.5) is 14.9 Å². The summed E-state index contributed by atoms with van der Waals surface area (Å²) in [5.74, 6) is -0.355. The highest BCUT2D eigenvalue weighted by atomic mass is 19.1. The third-order valence-electron chi connectivity index (χ3n) is 3.39. The van der Waals surface area contributed by atoms with Crippen molar-refractivity contribution >= 4 is 11.8 Å². The lowest BCUT2D eigenvalue weighted by Crippen LogP contribution is -2.42. The van der Waals surface area contributed by atoms with Crippen molar-refractivity contribution in [2.75, 3.05) is 18.9 Å². The number of halogens is 1. The van der Waals surface area contributed by atoms with Crippen LogP contribution in [-0.2, 0) is 4.74 Å². The van der Waals surface area contributed by atoms with E-state index in [1.54, 1.807) is 11.0 Å². The number of nitrogens with two attached hydrogens (primary N) is 1. The Bertz CT molecular complexity index is 543. The fourth-order valence-electron chi connectivity index (χ4n) is 2.39. The Labute approximate surface area is 130 Å². The number of hydrogen-bond donors (Lipinski definition) is 1. The number of carbonyl (C=O) groups is 1. The third-order valence-corrected chi connectivity index (χ3v) is 3.39. The lowest BCUT2D eigenvalue weighted by atomic mass is 10.2. The number of nitrogen functional groups attached to an aromatic ring is 1. The minimum atomic E-state index is -0.534. The molecular formula is C16H23FN2O3. The molecule has 1 saturated heterocycles. The minimum absolute atomic E-state index is 0.105. The predicted octanol–water partition coefficient (Wildman–Crippen LogP) is 3.19. The zero-order chi connectivity index (χ0) is 16.3. The van der Waals surface area contributed by atoms with Gasteiger partial charge in [-0.25, -0.2) is 9.18 Å². The number of nitrogens with zero attached hydrogens (tertiary/aromatic N) is 1. The molecule has 1 fully saturated rings. The molecule has 122 valence electrons. The van der Waals surface area contributed by atoms with Crippen LogP contribution in [0.1, 0.15) is 33.6 Å². The molecule has 0 saturated carbocycles. The van der Waals surface area contributed by atoms with E-state index in [2.05, 4.69) is 0 Å². The van der Waals surface area contributed by atoms with Crippen LogP contribution in [0.5, 0.6) is 5.75 Å². The molecule has 1 aromatic carbocycles. The van der Waals surface area contributed by atoms with Crippen LogP contribution in [0.25, 0.3) is 0 Å². The molecule has 1 amide bonds. The van der Waals surface area contributed by atoms with Gasteiger partial charge < -0.3 is 20.1 Å². The SMILES string of the molecule is CC(C)(C)OC(=O)N1CCC[C@H]1COc1ccc(N)cc1F. The molecule has 0 unspecified atom stereocenters. The van der Waals surface area contributed by atoms with Crippen molar-refractivity contribution in [2.24, 2.45) is 0 Å². The van der Waals surface area contributed by atoms with Gasteiger partial charge in [0.2, 0.25) is 0 Å². The summed E-state index contributed by atoms with van der Waals surface area (Å²) in [6, 6.07) is 4.19. The van der Waals surface area contributed by atoms with E-state index in [0.717, 1.165) is 12.8 Å². The number of benzene rings is 1. The zero-order valence-corrected chi connectivity index (χ0v) is 13.3. The number of likely N-dealkylation sites (tertiary alicyclic amines) is 1. The number of carbonyl (C=O) groups excluding carboxylic acids is 1. The van der Waals surface area contributed by atoms with Crippen molar-refractivity contribution in [2.45, 2.75) is 45.3 Å². The van der Waals surface area contributed by atoms with E-state index in [4.69, 9.17) is 15.2 Å². The highest BCUT2D eigenvalue weighted by molar-refractivity contribution is 5.69. The van der Waals surface area contributed by atoms with E-state index in [0.29, 0.717) is 12.2 Å². The Morgan fingerprint density at radius 3 is 2.82 bits per heavy atom. The maximum atomic E-state index is 13.7. The van der Waals surface area contributed by atoms with Crippen LogP contribution in [0.2, 0.25) is 0 Å². The quantitative estimate of drug-likeness (QED) is 0.871. The number of amides is 1. The van der Waals surface area contributed by atoms with Gasteiger partial charge in [-0.2, -0.15) is 0 Å². The van der Waals surface area contributed by atoms with Crippen molar-refractivity contribution in [3.05, 3.63) is 24.0 Å². The third kappa shape index (κ3) is 4.26. The highest BCUT2D eigenvalue weighted by Gasteiger charge is 2.32. The van der Waals surface area contributed by atoms with Crippen LogP contribution in [0.3, 0.4) is 0 Å². The first-order valence-corrected chi connectivity index (χ1v) is 7.44. The van der Waals surface area contributed by atoms with Gasteiger partial charge in [0.25, 0.3) is 0 Å². The summed E-state index contributed by atoms with van der Waals surface area (Å²) < 4.78 is 24.6. The molecule has 1 heterocycles. The fraction of sp³-hybridized carbons (Fsp3) is 0.562. The molecule has 0 bridgehead atoms. The molecule has 1 atom stereocenters. The molecule has 6 heteroatoms. The van der Waals surface area contributed by atoms with E-state index in [-0.39, 0.29) is 24.5 Å². The number of ether oxygens (including phenoxy) is 2. The van der Waals surface area contributed by atoms with Crippen molar-refractivity contribution in [1.29, 1.82) is 0 Å². The average molecular weight is 310 g/mol. The summed E-state index contributed by atoms with van der Waals surface area (Å²) >= 11 is 0. The molecule has 0 aromatic heterocycles. The molecule has 1 aliphatic heterocycles. The first kappa shape index (κ1) is 16.4. The van der Waals surface area contributed by atoms with E-state index < -0.39 is 11.4 Å². The van der Waals surface area contributed by atoms with Crippen molar-refractivity contribution in [1.82, 2.24) is 4.90 Å². The van der Waals surface area contributed by atoms with Gasteiger partial charge in [-0.3, -0.25) is 0 Å². The molecule has 2 rings (SSSR count). The minimum Gasteiger partial charge on any atom is -0.488 e. The zero-order valence-electron chi connectivity index (χ0n) is 13.3. The van der Waals surface area contributed by atoms with Crippen LogP contribution in [0, 0.1) is 5.82 Å². The number of anilines is 1. The van der Waals surface area contributed by atoms with Crippen LogP contribution in [0.15, 0.2) is 18.2 Å². The second-order valence-electron chi connectivity index (χ2n) is 6.47.